The number of hydrogen-bond donors (Lipinski definition) is 2. The molecule has 1 aromatic carbocycles. The lowest BCUT2D eigenvalue weighted by Gasteiger charge is -2.32. The van der Waals surface area contributed by atoms with E-state index in [4.69, 9.17) is 0 Å². The van der Waals surface area contributed by atoms with E-state index in [1.807, 2.05) is 32.0 Å². The standard InChI is InChI=1S/C16H23NO2/c1-12-7-6-8-14(13(12)2)15(18)17-11-16(19)9-4-3-5-10-16/h6-8,19H,3-5,9-11H2,1-2H3,(H,17,18). The summed E-state index contributed by atoms with van der Waals surface area (Å²) in [5.74, 6) is -0.0831. The first-order chi connectivity index (χ1) is 9.02. The first kappa shape index (κ1) is 14.1. The van der Waals surface area contributed by atoms with Crippen LogP contribution in [0.5, 0.6) is 0 Å². The van der Waals surface area contributed by atoms with Gasteiger partial charge in [-0.2, -0.15) is 0 Å². The molecule has 0 unspecified atom stereocenters. The number of hydrogen-bond acceptors (Lipinski definition) is 2. The van der Waals surface area contributed by atoms with E-state index < -0.39 is 5.60 Å². The maximum absolute atomic E-state index is 12.2. The number of benzene rings is 1. The predicted molar refractivity (Wildman–Crippen MR) is 76.3 cm³/mol. The first-order valence-electron chi connectivity index (χ1n) is 7.09. The van der Waals surface area contributed by atoms with Gasteiger partial charge in [0.15, 0.2) is 0 Å². The number of carbonyl (C=O) groups excluding carboxylic acids is 1. The molecule has 2 N–H and O–H groups in total. The largest absolute Gasteiger partial charge is 0.388 e. The highest BCUT2D eigenvalue weighted by Crippen LogP contribution is 2.27. The van der Waals surface area contributed by atoms with Gasteiger partial charge in [-0.1, -0.05) is 31.4 Å². The van der Waals surface area contributed by atoms with Crippen LogP contribution in [-0.2, 0) is 0 Å². The third kappa shape index (κ3) is 3.35. The Hall–Kier alpha value is -1.35. The Balaban J connectivity index is 1.99. The van der Waals surface area contributed by atoms with Crippen LogP contribution < -0.4 is 5.32 Å². The zero-order chi connectivity index (χ0) is 13.9. The molecule has 3 nitrogen and oxygen atoms in total. The third-order valence-electron chi connectivity index (χ3n) is 4.21. The van der Waals surface area contributed by atoms with Crippen LogP contribution in [0, 0.1) is 13.8 Å². The van der Waals surface area contributed by atoms with Crippen LogP contribution >= 0.6 is 0 Å². The molecule has 1 fully saturated rings. The van der Waals surface area contributed by atoms with Gasteiger partial charge in [0.05, 0.1) is 5.60 Å². The molecule has 1 aromatic rings. The number of aryl methyl sites for hydroxylation is 1. The molecule has 0 aromatic heterocycles. The Labute approximate surface area is 115 Å². The van der Waals surface area contributed by atoms with Crippen LogP contribution in [0.25, 0.3) is 0 Å². The number of carbonyl (C=O) groups is 1. The van der Waals surface area contributed by atoms with Crippen LogP contribution in [0.3, 0.4) is 0 Å². The van der Waals surface area contributed by atoms with E-state index in [2.05, 4.69) is 5.32 Å². The van der Waals surface area contributed by atoms with E-state index in [1.165, 1.54) is 6.42 Å². The van der Waals surface area contributed by atoms with Crippen LogP contribution in [0.4, 0.5) is 0 Å². The molecule has 0 spiro atoms. The maximum atomic E-state index is 12.2. The predicted octanol–water partition coefficient (Wildman–Crippen LogP) is 2.73. The molecule has 1 aliphatic rings. The quantitative estimate of drug-likeness (QED) is 0.879. The Morgan fingerprint density at radius 3 is 2.63 bits per heavy atom. The molecule has 1 aliphatic carbocycles. The van der Waals surface area contributed by atoms with Gasteiger partial charge in [0.2, 0.25) is 0 Å². The molecule has 0 bridgehead atoms. The molecule has 0 radical (unpaired) electrons. The van der Waals surface area contributed by atoms with Gasteiger partial charge in [-0.25, -0.2) is 0 Å². The summed E-state index contributed by atoms with van der Waals surface area (Å²) >= 11 is 0. The Bertz CT molecular complexity index is 462. The Morgan fingerprint density at radius 2 is 1.95 bits per heavy atom. The summed E-state index contributed by atoms with van der Waals surface area (Å²) in [6.45, 7) is 4.32. The van der Waals surface area contributed by atoms with E-state index >= 15 is 0 Å². The maximum Gasteiger partial charge on any atom is 0.251 e. The van der Waals surface area contributed by atoms with Crippen LogP contribution in [0.15, 0.2) is 18.2 Å². The van der Waals surface area contributed by atoms with E-state index in [1.54, 1.807) is 0 Å². The van der Waals surface area contributed by atoms with Gasteiger partial charge < -0.3 is 10.4 Å². The lowest BCUT2D eigenvalue weighted by Crippen LogP contribution is -2.44. The summed E-state index contributed by atoms with van der Waals surface area (Å²) in [5.41, 5.74) is 2.13. The molecule has 0 saturated heterocycles. The van der Waals surface area contributed by atoms with Crippen molar-refractivity contribution in [3.05, 3.63) is 34.9 Å². The second kappa shape index (κ2) is 5.74. The minimum atomic E-state index is -0.703. The van der Waals surface area contributed by atoms with Crippen molar-refractivity contribution < 1.29 is 9.90 Å². The second-order valence-electron chi connectivity index (χ2n) is 5.72. The van der Waals surface area contributed by atoms with E-state index in [9.17, 15) is 9.90 Å². The average molecular weight is 261 g/mol. The van der Waals surface area contributed by atoms with Gasteiger partial charge >= 0.3 is 0 Å². The zero-order valence-electron chi connectivity index (χ0n) is 11.8. The van der Waals surface area contributed by atoms with Crippen LogP contribution in [0.2, 0.25) is 0 Å². The number of amides is 1. The van der Waals surface area contributed by atoms with E-state index in [0.29, 0.717) is 12.1 Å². The second-order valence-corrected chi connectivity index (χ2v) is 5.72. The van der Waals surface area contributed by atoms with Crippen LogP contribution in [0.1, 0.15) is 53.6 Å². The van der Waals surface area contributed by atoms with Crippen molar-refractivity contribution in [2.45, 2.75) is 51.6 Å². The molecule has 2 rings (SSSR count). The highest BCUT2D eigenvalue weighted by molar-refractivity contribution is 5.95. The third-order valence-corrected chi connectivity index (χ3v) is 4.21. The minimum absolute atomic E-state index is 0.0831. The van der Waals surface area contributed by atoms with Gasteiger partial charge in [-0.05, 0) is 43.9 Å². The molecule has 104 valence electrons. The topological polar surface area (TPSA) is 49.3 Å². The first-order valence-corrected chi connectivity index (χ1v) is 7.09. The fourth-order valence-electron chi connectivity index (χ4n) is 2.72. The summed E-state index contributed by atoms with van der Waals surface area (Å²) < 4.78 is 0. The SMILES string of the molecule is Cc1cccc(C(=O)NCC2(O)CCCCC2)c1C. The van der Waals surface area contributed by atoms with Crippen molar-refractivity contribution in [3.8, 4) is 0 Å². The average Bonchev–Trinajstić information content (AvgIpc) is 2.40. The van der Waals surface area contributed by atoms with Crippen molar-refractivity contribution in [3.63, 3.8) is 0 Å². The number of aliphatic hydroxyl groups is 1. The summed E-state index contributed by atoms with van der Waals surface area (Å²) in [6, 6.07) is 5.73. The molecule has 1 amide bonds. The molecular weight excluding hydrogens is 238 g/mol. The molecule has 0 heterocycles. The number of rotatable bonds is 3. The van der Waals surface area contributed by atoms with Crippen molar-refractivity contribution in [2.24, 2.45) is 0 Å². The van der Waals surface area contributed by atoms with Crippen molar-refractivity contribution in [1.82, 2.24) is 5.32 Å². The highest BCUT2D eigenvalue weighted by Gasteiger charge is 2.29. The zero-order valence-corrected chi connectivity index (χ0v) is 11.8. The van der Waals surface area contributed by atoms with Crippen molar-refractivity contribution in [2.75, 3.05) is 6.54 Å². The van der Waals surface area contributed by atoms with Gasteiger partial charge in [0.1, 0.15) is 0 Å². The lowest BCUT2D eigenvalue weighted by molar-refractivity contribution is 0.00525. The molecule has 0 atom stereocenters. The molecule has 3 heteroatoms. The monoisotopic (exact) mass is 261 g/mol. The van der Waals surface area contributed by atoms with Crippen LogP contribution in [-0.4, -0.2) is 23.2 Å². The van der Waals surface area contributed by atoms with Crippen molar-refractivity contribution >= 4 is 5.91 Å². The Morgan fingerprint density at radius 1 is 1.26 bits per heavy atom. The van der Waals surface area contributed by atoms with Gasteiger partial charge in [-0.3, -0.25) is 4.79 Å². The van der Waals surface area contributed by atoms with Gasteiger partial charge in [0, 0.05) is 12.1 Å². The molecule has 0 aliphatic heterocycles. The summed E-state index contributed by atoms with van der Waals surface area (Å²) in [4.78, 5) is 12.2. The van der Waals surface area contributed by atoms with E-state index in [0.717, 1.165) is 36.8 Å². The van der Waals surface area contributed by atoms with Gasteiger partial charge in [0.25, 0.3) is 5.91 Å². The molecule has 19 heavy (non-hydrogen) atoms. The lowest BCUT2D eigenvalue weighted by atomic mass is 9.85. The summed E-state index contributed by atoms with van der Waals surface area (Å²) in [6.07, 6.45) is 4.87. The Kier molecular flexibility index (Phi) is 4.25. The fraction of sp³-hybridized carbons (Fsp3) is 0.562. The van der Waals surface area contributed by atoms with E-state index in [-0.39, 0.29) is 5.91 Å². The highest BCUT2D eigenvalue weighted by atomic mass is 16.3. The number of nitrogens with one attached hydrogen (secondary N) is 1. The molecule has 1 saturated carbocycles. The summed E-state index contributed by atoms with van der Waals surface area (Å²) in [5, 5.41) is 13.3. The normalized spacial score (nSPS) is 18.1. The summed E-state index contributed by atoms with van der Waals surface area (Å²) in [7, 11) is 0. The minimum Gasteiger partial charge on any atom is -0.388 e. The molecular formula is C16H23NO2. The fourth-order valence-corrected chi connectivity index (χ4v) is 2.72. The smallest absolute Gasteiger partial charge is 0.251 e. The van der Waals surface area contributed by atoms with Gasteiger partial charge in [-0.15, -0.1) is 0 Å². The van der Waals surface area contributed by atoms with Crippen molar-refractivity contribution in [1.29, 1.82) is 0 Å².